The minimum atomic E-state index is -0.825. The van der Waals surface area contributed by atoms with Gasteiger partial charge in [0.15, 0.2) is 5.92 Å². The average molecular weight is 272 g/mol. The maximum absolute atomic E-state index is 12.1. The Balaban J connectivity index is 2.76. The lowest BCUT2D eigenvalue weighted by Crippen LogP contribution is -2.38. The number of hydrogen-bond donors (Lipinski definition) is 0. The van der Waals surface area contributed by atoms with Crippen molar-refractivity contribution in [3.63, 3.8) is 0 Å². The van der Waals surface area contributed by atoms with Crippen LogP contribution in [0.4, 0.5) is 0 Å². The van der Waals surface area contributed by atoms with Gasteiger partial charge in [0.1, 0.15) is 0 Å². The van der Waals surface area contributed by atoms with E-state index in [9.17, 15) is 9.59 Å². The Labute approximate surface area is 114 Å². The molecule has 1 aliphatic heterocycles. The van der Waals surface area contributed by atoms with Crippen LogP contribution in [-0.2, 0) is 23.8 Å². The third-order valence-electron chi connectivity index (χ3n) is 2.95. The third-order valence-corrected chi connectivity index (χ3v) is 2.95. The third kappa shape index (κ3) is 5.19. The first-order chi connectivity index (χ1) is 8.91. The summed E-state index contributed by atoms with van der Waals surface area (Å²) in [5.74, 6) is -1.83. The topological polar surface area (TPSA) is 61.8 Å². The van der Waals surface area contributed by atoms with Crippen LogP contribution in [0.2, 0.25) is 0 Å². The minimum Gasteiger partial charge on any atom is -0.462 e. The van der Waals surface area contributed by atoms with E-state index in [4.69, 9.17) is 14.2 Å². The Morgan fingerprint density at radius 2 is 1.37 bits per heavy atom. The van der Waals surface area contributed by atoms with Crippen LogP contribution < -0.4 is 0 Å². The first kappa shape index (κ1) is 16.0. The summed E-state index contributed by atoms with van der Waals surface area (Å²) >= 11 is 0. The van der Waals surface area contributed by atoms with Gasteiger partial charge in [0.2, 0.25) is 0 Å². The summed E-state index contributed by atoms with van der Waals surface area (Å²) in [6, 6.07) is 0. The molecule has 0 aliphatic carbocycles. The minimum absolute atomic E-state index is 0.0498. The number of rotatable bonds is 5. The zero-order valence-corrected chi connectivity index (χ0v) is 12.2. The van der Waals surface area contributed by atoms with Gasteiger partial charge in [-0.2, -0.15) is 0 Å². The van der Waals surface area contributed by atoms with Gasteiger partial charge in [-0.3, -0.25) is 9.59 Å². The second-order valence-corrected chi connectivity index (χ2v) is 5.40. The van der Waals surface area contributed by atoms with Gasteiger partial charge in [-0.05, 0) is 46.5 Å². The summed E-state index contributed by atoms with van der Waals surface area (Å²) in [5, 5.41) is 0. The quantitative estimate of drug-likeness (QED) is 0.565. The summed E-state index contributed by atoms with van der Waals surface area (Å²) in [4.78, 5) is 24.2. The zero-order chi connectivity index (χ0) is 14.4. The Bertz CT molecular complexity index is 283. The summed E-state index contributed by atoms with van der Waals surface area (Å²) < 4.78 is 15.6. The van der Waals surface area contributed by atoms with Gasteiger partial charge in [0, 0.05) is 13.2 Å². The molecule has 5 nitrogen and oxygen atoms in total. The Kier molecular flexibility index (Phi) is 6.28. The molecule has 5 heteroatoms. The van der Waals surface area contributed by atoms with Gasteiger partial charge in [0.05, 0.1) is 12.2 Å². The fourth-order valence-electron chi connectivity index (χ4n) is 2.14. The molecule has 0 spiro atoms. The average Bonchev–Trinajstić information content (AvgIpc) is 2.28. The highest BCUT2D eigenvalue weighted by Gasteiger charge is 2.39. The predicted octanol–water partition coefficient (Wildman–Crippen LogP) is 1.93. The van der Waals surface area contributed by atoms with Gasteiger partial charge in [-0.25, -0.2) is 0 Å². The van der Waals surface area contributed by atoms with E-state index in [-0.39, 0.29) is 18.1 Å². The molecule has 1 saturated heterocycles. The second-order valence-electron chi connectivity index (χ2n) is 5.40. The lowest BCUT2D eigenvalue weighted by molar-refractivity contribution is -0.170. The van der Waals surface area contributed by atoms with Crippen LogP contribution in [0.5, 0.6) is 0 Å². The van der Waals surface area contributed by atoms with E-state index in [1.807, 2.05) is 0 Å². The van der Waals surface area contributed by atoms with Crippen molar-refractivity contribution in [2.75, 3.05) is 13.2 Å². The molecule has 19 heavy (non-hydrogen) atoms. The van der Waals surface area contributed by atoms with Crippen molar-refractivity contribution in [3.8, 4) is 0 Å². The number of carbonyl (C=O) groups is 2. The number of hydrogen-bond acceptors (Lipinski definition) is 5. The standard InChI is InChI=1S/C14H24O5/c1-9(2)18-13(15)12(14(16)19-10(3)4)11-5-7-17-8-6-11/h9-12H,5-8H2,1-4H3. The Hall–Kier alpha value is -1.10. The number of ether oxygens (including phenoxy) is 3. The van der Waals surface area contributed by atoms with Crippen LogP contribution in [0.15, 0.2) is 0 Å². The van der Waals surface area contributed by atoms with Gasteiger partial charge in [0.25, 0.3) is 0 Å². The molecule has 110 valence electrons. The maximum atomic E-state index is 12.1. The molecule has 1 heterocycles. The first-order valence-corrected chi connectivity index (χ1v) is 6.90. The lowest BCUT2D eigenvalue weighted by Gasteiger charge is -2.28. The largest absolute Gasteiger partial charge is 0.462 e. The van der Waals surface area contributed by atoms with E-state index < -0.39 is 17.9 Å². The molecule has 0 bridgehead atoms. The molecule has 0 atom stereocenters. The summed E-state index contributed by atoms with van der Waals surface area (Å²) in [5.41, 5.74) is 0. The van der Waals surface area contributed by atoms with Crippen molar-refractivity contribution in [2.24, 2.45) is 11.8 Å². The van der Waals surface area contributed by atoms with E-state index in [0.717, 1.165) is 0 Å². The van der Waals surface area contributed by atoms with Crippen molar-refractivity contribution in [2.45, 2.75) is 52.7 Å². The molecule has 0 N–H and O–H groups in total. The first-order valence-electron chi connectivity index (χ1n) is 6.90. The second kappa shape index (κ2) is 7.48. The molecular formula is C14H24O5. The zero-order valence-electron chi connectivity index (χ0n) is 12.2. The molecule has 0 saturated carbocycles. The molecule has 0 radical (unpaired) electrons. The molecule has 0 aromatic heterocycles. The summed E-state index contributed by atoms with van der Waals surface area (Å²) in [7, 11) is 0. The smallest absolute Gasteiger partial charge is 0.320 e. The molecule has 1 fully saturated rings. The van der Waals surface area contributed by atoms with Gasteiger partial charge < -0.3 is 14.2 Å². The lowest BCUT2D eigenvalue weighted by atomic mass is 9.86. The fourth-order valence-corrected chi connectivity index (χ4v) is 2.14. The van der Waals surface area contributed by atoms with Crippen LogP contribution in [0.25, 0.3) is 0 Å². The highest BCUT2D eigenvalue weighted by atomic mass is 16.6. The summed E-state index contributed by atoms with van der Waals surface area (Å²) in [6.07, 6.45) is 0.902. The number of esters is 2. The SMILES string of the molecule is CC(C)OC(=O)C(C(=O)OC(C)C)C1CCOCC1. The van der Waals surface area contributed by atoms with E-state index in [2.05, 4.69) is 0 Å². The Morgan fingerprint density at radius 3 is 1.74 bits per heavy atom. The maximum Gasteiger partial charge on any atom is 0.320 e. The summed E-state index contributed by atoms with van der Waals surface area (Å²) in [6.45, 7) is 8.23. The molecule has 0 amide bonds. The molecular weight excluding hydrogens is 248 g/mol. The normalized spacial score (nSPS) is 17.0. The van der Waals surface area contributed by atoms with Crippen LogP contribution in [0.3, 0.4) is 0 Å². The van der Waals surface area contributed by atoms with E-state index in [0.29, 0.717) is 26.1 Å². The highest BCUT2D eigenvalue weighted by molar-refractivity contribution is 5.95. The molecule has 1 aliphatic rings. The van der Waals surface area contributed by atoms with E-state index in [1.165, 1.54) is 0 Å². The molecule has 1 rings (SSSR count). The van der Waals surface area contributed by atoms with Crippen molar-refractivity contribution in [3.05, 3.63) is 0 Å². The van der Waals surface area contributed by atoms with Crippen LogP contribution in [0, 0.1) is 11.8 Å². The molecule has 0 aromatic carbocycles. The van der Waals surface area contributed by atoms with Gasteiger partial charge in [-0.1, -0.05) is 0 Å². The van der Waals surface area contributed by atoms with E-state index in [1.54, 1.807) is 27.7 Å². The monoisotopic (exact) mass is 272 g/mol. The van der Waals surface area contributed by atoms with Crippen molar-refractivity contribution in [1.82, 2.24) is 0 Å². The van der Waals surface area contributed by atoms with Crippen LogP contribution in [0.1, 0.15) is 40.5 Å². The van der Waals surface area contributed by atoms with Crippen molar-refractivity contribution < 1.29 is 23.8 Å². The highest BCUT2D eigenvalue weighted by Crippen LogP contribution is 2.27. The Morgan fingerprint density at radius 1 is 0.947 bits per heavy atom. The number of carbonyl (C=O) groups excluding carboxylic acids is 2. The van der Waals surface area contributed by atoms with Crippen molar-refractivity contribution >= 4 is 11.9 Å². The molecule has 0 aromatic rings. The van der Waals surface area contributed by atoms with Crippen molar-refractivity contribution in [1.29, 1.82) is 0 Å². The molecule has 0 unspecified atom stereocenters. The van der Waals surface area contributed by atoms with Gasteiger partial charge in [-0.15, -0.1) is 0 Å². The fraction of sp³-hybridized carbons (Fsp3) is 0.857. The van der Waals surface area contributed by atoms with Crippen LogP contribution in [-0.4, -0.2) is 37.4 Å². The van der Waals surface area contributed by atoms with Crippen LogP contribution >= 0.6 is 0 Å². The predicted molar refractivity (Wildman–Crippen MR) is 69.5 cm³/mol. The van der Waals surface area contributed by atoms with E-state index >= 15 is 0 Å². The van der Waals surface area contributed by atoms with Gasteiger partial charge >= 0.3 is 11.9 Å².